The molecule has 0 aromatic heterocycles. The van der Waals surface area contributed by atoms with E-state index in [0.29, 0.717) is 0 Å². The summed E-state index contributed by atoms with van der Waals surface area (Å²) in [5, 5.41) is 9.52. The molecular formula is C14H19NO2. The molecule has 1 aliphatic rings. The number of likely N-dealkylation sites (tertiary alicyclic amines) is 1. The molecule has 1 aliphatic heterocycles. The summed E-state index contributed by atoms with van der Waals surface area (Å²) in [6.45, 7) is 2.82. The average molecular weight is 233 g/mol. The average Bonchev–Trinajstić information content (AvgIpc) is 2.30. The molecule has 0 spiro atoms. The summed E-state index contributed by atoms with van der Waals surface area (Å²) in [7, 11) is 2.01. The number of nitrogens with zero attached hydrogens (tertiary/aromatic N) is 1. The van der Waals surface area contributed by atoms with Crippen LogP contribution in [0.4, 0.5) is 0 Å². The Hall–Kier alpha value is -1.35. The predicted octanol–water partition coefficient (Wildman–Crippen LogP) is 2.54. The van der Waals surface area contributed by atoms with Crippen LogP contribution in [0.2, 0.25) is 0 Å². The van der Waals surface area contributed by atoms with Crippen LogP contribution in [0.15, 0.2) is 30.3 Å². The van der Waals surface area contributed by atoms with Crippen LogP contribution >= 0.6 is 0 Å². The molecule has 2 unspecified atom stereocenters. The molecule has 92 valence electrons. The van der Waals surface area contributed by atoms with E-state index in [4.69, 9.17) is 0 Å². The molecule has 0 radical (unpaired) electrons. The van der Waals surface area contributed by atoms with E-state index in [1.54, 1.807) is 0 Å². The van der Waals surface area contributed by atoms with E-state index in [-0.39, 0.29) is 6.04 Å². The van der Waals surface area contributed by atoms with Crippen LogP contribution in [0.5, 0.6) is 0 Å². The van der Waals surface area contributed by atoms with Crippen LogP contribution < -0.4 is 0 Å². The highest BCUT2D eigenvalue weighted by atomic mass is 16.4. The second-order valence-corrected chi connectivity index (χ2v) is 5.12. The third-order valence-electron chi connectivity index (χ3n) is 3.86. The number of carboxylic acids is 1. The van der Waals surface area contributed by atoms with Crippen molar-refractivity contribution in [3.63, 3.8) is 0 Å². The number of carbonyl (C=O) groups is 1. The van der Waals surface area contributed by atoms with Gasteiger partial charge in [-0.3, -0.25) is 9.69 Å². The molecule has 3 heteroatoms. The maximum absolute atomic E-state index is 11.6. The van der Waals surface area contributed by atoms with Gasteiger partial charge in [-0.2, -0.15) is 0 Å². The third kappa shape index (κ3) is 2.07. The van der Waals surface area contributed by atoms with Gasteiger partial charge in [0.05, 0.1) is 11.5 Å². The molecule has 1 heterocycles. The Balaban J connectivity index is 2.42. The molecule has 1 N–H and O–H groups in total. The summed E-state index contributed by atoms with van der Waals surface area (Å²) in [5.41, 5.74) is 0.411. The van der Waals surface area contributed by atoms with Crippen molar-refractivity contribution in [1.82, 2.24) is 4.90 Å². The van der Waals surface area contributed by atoms with Crippen LogP contribution in [-0.4, -0.2) is 29.6 Å². The Bertz CT molecular complexity index is 404. The summed E-state index contributed by atoms with van der Waals surface area (Å²) in [6.07, 6.45) is 1.69. The zero-order valence-corrected chi connectivity index (χ0v) is 10.4. The van der Waals surface area contributed by atoms with Gasteiger partial charge >= 0.3 is 5.97 Å². The van der Waals surface area contributed by atoms with Gasteiger partial charge in [-0.05, 0) is 38.9 Å². The molecule has 0 saturated carbocycles. The van der Waals surface area contributed by atoms with Crippen LogP contribution in [0.1, 0.15) is 31.4 Å². The number of piperidine rings is 1. The van der Waals surface area contributed by atoms with Gasteiger partial charge in [0.15, 0.2) is 0 Å². The minimum Gasteiger partial charge on any atom is -0.481 e. The minimum absolute atomic E-state index is 0.0325. The quantitative estimate of drug-likeness (QED) is 0.853. The summed E-state index contributed by atoms with van der Waals surface area (Å²) < 4.78 is 0. The lowest BCUT2D eigenvalue weighted by atomic mass is 9.72. The largest absolute Gasteiger partial charge is 0.481 e. The number of rotatable bonds is 2. The molecule has 0 amide bonds. The summed E-state index contributed by atoms with van der Waals surface area (Å²) in [6, 6.07) is 9.92. The Morgan fingerprint density at radius 1 is 1.41 bits per heavy atom. The fraction of sp³-hybridized carbons (Fsp3) is 0.500. The maximum atomic E-state index is 11.6. The van der Waals surface area contributed by atoms with E-state index < -0.39 is 11.4 Å². The van der Waals surface area contributed by atoms with Gasteiger partial charge in [-0.1, -0.05) is 30.3 Å². The molecular weight excluding hydrogens is 214 g/mol. The van der Waals surface area contributed by atoms with Gasteiger partial charge in [-0.15, -0.1) is 0 Å². The van der Waals surface area contributed by atoms with Crippen molar-refractivity contribution in [1.29, 1.82) is 0 Å². The molecule has 1 aromatic carbocycles. The Labute approximate surface area is 102 Å². The van der Waals surface area contributed by atoms with Crippen molar-refractivity contribution in [2.24, 2.45) is 5.41 Å². The monoisotopic (exact) mass is 233 g/mol. The summed E-state index contributed by atoms with van der Waals surface area (Å²) in [5.74, 6) is -0.696. The second-order valence-electron chi connectivity index (χ2n) is 5.12. The third-order valence-corrected chi connectivity index (χ3v) is 3.86. The molecule has 3 nitrogen and oxygen atoms in total. The standard InChI is InChI=1S/C14H19NO2/c1-14(13(16)17)9-6-10-15(2)12(14)11-7-4-3-5-8-11/h3-5,7-8,12H,6,9-10H2,1-2H3,(H,16,17). The molecule has 1 aromatic rings. The highest BCUT2D eigenvalue weighted by Crippen LogP contribution is 2.44. The zero-order chi connectivity index (χ0) is 12.5. The molecule has 0 bridgehead atoms. The van der Waals surface area contributed by atoms with Crippen LogP contribution in [0, 0.1) is 5.41 Å². The van der Waals surface area contributed by atoms with Crippen molar-refractivity contribution in [3.8, 4) is 0 Å². The van der Waals surface area contributed by atoms with Crippen molar-refractivity contribution in [2.45, 2.75) is 25.8 Å². The number of carboxylic acid groups (broad SMARTS) is 1. The first-order valence-electron chi connectivity index (χ1n) is 6.04. The molecule has 0 aliphatic carbocycles. The van der Waals surface area contributed by atoms with E-state index in [1.807, 2.05) is 44.3 Å². The zero-order valence-electron chi connectivity index (χ0n) is 10.4. The summed E-state index contributed by atoms with van der Waals surface area (Å²) in [4.78, 5) is 13.7. The van der Waals surface area contributed by atoms with Gasteiger partial charge in [-0.25, -0.2) is 0 Å². The number of hydrogen-bond donors (Lipinski definition) is 1. The second kappa shape index (κ2) is 4.49. The van der Waals surface area contributed by atoms with Gasteiger partial charge in [0.2, 0.25) is 0 Å². The smallest absolute Gasteiger partial charge is 0.311 e. The van der Waals surface area contributed by atoms with Gasteiger partial charge in [0.1, 0.15) is 0 Å². The highest BCUT2D eigenvalue weighted by Gasteiger charge is 2.46. The SMILES string of the molecule is CN1CCCC(C)(C(=O)O)C1c1ccccc1. The van der Waals surface area contributed by atoms with Gasteiger partial charge < -0.3 is 5.11 Å². The fourth-order valence-electron chi connectivity index (χ4n) is 2.93. The summed E-state index contributed by atoms with van der Waals surface area (Å²) >= 11 is 0. The Morgan fingerprint density at radius 2 is 2.06 bits per heavy atom. The molecule has 17 heavy (non-hydrogen) atoms. The first-order chi connectivity index (χ1) is 8.05. The normalized spacial score (nSPS) is 30.1. The Kier molecular flexibility index (Phi) is 3.20. The highest BCUT2D eigenvalue weighted by molar-refractivity contribution is 5.75. The van der Waals surface area contributed by atoms with Crippen molar-refractivity contribution in [2.75, 3.05) is 13.6 Å². The van der Waals surface area contributed by atoms with Crippen molar-refractivity contribution >= 4 is 5.97 Å². The topological polar surface area (TPSA) is 40.5 Å². The number of aliphatic carboxylic acids is 1. The van der Waals surface area contributed by atoms with E-state index >= 15 is 0 Å². The van der Waals surface area contributed by atoms with E-state index in [0.717, 1.165) is 24.9 Å². The van der Waals surface area contributed by atoms with E-state index in [2.05, 4.69) is 4.90 Å². The molecule has 2 atom stereocenters. The van der Waals surface area contributed by atoms with Crippen LogP contribution in [-0.2, 0) is 4.79 Å². The first-order valence-corrected chi connectivity index (χ1v) is 6.04. The lowest BCUT2D eigenvalue weighted by Gasteiger charge is -2.44. The molecule has 2 rings (SSSR count). The molecule has 1 saturated heterocycles. The van der Waals surface area contributed by atoms with Gasteiger partial charge in [0.25, 0.3) is 0 Å². The maximum Gasteiger partial charge on any atom is 0.311 e. The van der Waals surface area contributed by atoms with Crippen LogP contribution in [0.3, 0.4) is 0 Å². The van der Waals surface area contributed by atoms with Crippen LogP contribution in [0.25, 0.3) is 0 Å². The van der Waals surface area contributed by atoms with E-state index in [9.17, 15) is 9.90 Å². The van der Waals surface area contributed by atoms with Gasteiger partial charge in [0, 0.05) is 0 Å². The Morgan fingerprint density at radius 3 is 2.65 bits per heavy atom. The number of hydrogen-bond acceptors (Lipinski definition) is 2. The first kappa shape index (κ1) is 12.1. The number of benzene rings is 1. The van der Waals surface area contributed by atoms with Crippen molar-refractivity contribution < 1.29 is 9.90 Å². The van der Waals surface area contributed by atoms with Crippen molar-refractivity contribution in [3.05, 3.63) is 35.9 Å². The predicted molar refractivity (Wildman–Crippen MR) is 66.8 cm³/mol. The minimum atomic E-state index is -0.696. The fourth-order valence-corrected chi connectivity index (χ4v) is 2.93. The molecule has 1 fully saturated rings. The lowest BCUT2D eigenvalue weighted by molar-refractivity contribution is -0.155. The lowest BCUT2D eigenvalue weighted by Crippen LogP contribution is -2.47. The van der Waals surface area contributed by atoms with E-state index in [1.165, 1.54) is 0 Å².